The summed E-state index contributed by atoms with van der Waals surface area (Å²) in [5.41, 5.74) is 8.62. The van der Waals surface area contributed by atoms with Crippen molar-refractivity contribution in [1.29, 1.82) is 0 Å². The summed E-state index contributed by atoms with van der Waals surface area (Å²) < 4.78 is 38.1. The van der Waals surface area contributed by atoms with E-state index in [0.717, 1.165) is 48.5 Å². The Morgan fingerprint density at radius 3 is 1.99 bits per heavy atom. The number of hydrogen-bond acceptors (Lipinski definition) is 25. The molecule has 7 heterocycles. The van der Waals surface area contributed by atoms with Gasteiger partial charge in [0.2, 0.25) is 41.6 Å². The molecule has 33 heteroatoms. The van der Waals surface area contributed by atoms with E-state index in [-0.39, 0.29) is 57.5 Å². The number of likely N-dealkylation sites (N-methyl/N-ethyl adjacent to an activating group) is 1. The molecule has 2 fully saturated rings. The van der Waals surface area contributed by atoms with Crippen molar-refractivity contribution in [2.24, 2.45) is 23.3 Å². The van der Waals surface area contributed by atoms with Crippen molar-refractivity contribution >= 4 is 70.3 Å². The fraction of sp³-hybridized carbons (Fsp3) is 0.441. The zero-order chi connectivity index (χ0) is 73.5. The summed E-state index contributed by atoms with van der Waals surface area (Å²) in [6, 6.07) is 4.89. The molecule has 0 saturated carbocycles. The average Bonchev–Trinajstić information content (AvgIpc) is 0.770. The highest BCUT2D eigenvalue weighted by molar-refractivity contribution is 6.32. The van der Waals surface area contributed by atoms with Gasteiger partial charge < -0.3 is 118 Å². The molecule has 12 rings (SSSR count). The van der Waals surface area contributed by atoms with E-state index < -0.39 is 238 Å². The lowest BCUT2D eigenvalue weighted by Crippen LogP contribution is -2.61. The number of primary amides is 1. The van der Waals surface area contributed by atoms with Crippen molar-refractivity contribution in [1.82, 2.24) is 26.6 Å². The predicted molar refractivity (Wildman–Crippen MR) is 352 cm³/mol. The van der Waals surface area contributed by atoms with Crippen molar-refractivity contribution in [3.05, 3.63) is 117 Å². The number of aliphatic hydroxyl groups is 6. The van der Waals surface area contributed by atoms with E-state index in [1.54, 1.807) is 0 Å². The molecule has 5 aromatic rings. The fourth-order valence-corrected chi connectivity index (χ4v) is 13.5. The van der Waals surface area contributed by atoms with Crippen molar-refractivity contribution in [2.75, 3.05) is 13.7 Å². The molecule has 18 atom stereocenters. The van der Waals surface area contributed by atoms with Crippen LogP contribution in [0.1, 0.15) is 118 Å². The van der Waals surface area contributed by atoms with E-state index >= 15 is 19.2 Å². The Hall–Kier alpha value is -8.80. The molecule has 101 heavy (non-hydrogen) atoms. The van der Waals surface area contributed by atoms with Gasteiger partial charge in [0, 0.05) is 54.0 Å². The molecular weight excluding hydrogens is 1370 g/mol. The van der Waals surface area contributed by atoms with Crippen LogP contribution in [0, 0.1) is 11.8 Å². The van der Waals surface area contributed by atoms with Gasteiger partial charge in [-0.3, -0.25) is 33.6 Å². The van der Waals surface area contributed by atoms with E-state index in [1.165, 1.54) is 51.2 Å². The zero-order valence-electron chi connectivity index (χ0n) is 54.7. The number of Topliss-reactive ketones (excluding diaryl/α,β-unsaturated/α-hetero) is 2. The number of hydrogen-bond donors (Lipinski definition) is 17. The Morgan fingerprint density at radius 1 is 0.743 bits per heavy atom. The molecule has 11 bridgehead atoms. The summed E-state index contributed by atoms with van der Waals surface area (Å²) in [5, 5.41) is 125. The number of aromatic hydroxyl groups is 3. The lowest BCUT2D eigenvalue weighted by molar-refractivity contribution is -0.277. The molecule has 7 aliphatic rings. The fourth-order valence-electron chi connectivity index (χ4n) is 13.0. The number of carbonyl (C=O) groups excluding carboxylic acids is 7. The number of benzene rings is 5. The number of rotatable bonds is 13. The topological polar surface area (TPSA) is 506 Å². The number of carboxylic acid groups (broad SMARTS) is 1. The lowest BCUT2D eigenvalue weighted by atomic mass is 9.84. The maximum atomic E-state index is 16.2. The number of carbonyl (C=O) groups is 8. The van der Waals surface area contributed by atoms with Gasteiger partial charge in [0.1, 0.15) is 83.5 Å². The first-order valence-electron chi connectivity index (χ1n) is 32.1. The van der Waals surface area contributed by atoms with E-state index in [9.17, 15) is 70.2 Å². The minimum atomic E-state index is -2.25. The molecule has 0 aromatic heterocycles. The molecule has 31 nitrogen and oxygen atoms in total. The van der Waals surface area contributed by atoms with E-state index in [2.05, 4.69) is 26.6 Å². The lowest BCUT2D eigenvalue weighted by Gasteiger charge is -2.44. The number of amides is 5. The second-order valence-corrected chi connectivity index (χ2v) is 27.1. The van der Waals surface area contributed by atoms with Crippen molar-refractivity contribution < 1.29 is 118 Å². The third kappa shape index (κ3) is 16.0. The van der Waals surface area contributed by atoms with Crippen LogP contribution in [0.25, 0.3) is 11.1 Å². The number of fused-ring (bicyclic) bond motifs is 15. The summed E-state index contributed by atoms with van der Waals surface area (Å²) in [7, 11) is 1.49. The summed E-state index contributed by atoms with van der Waals surface area (Å²) in [6.07, 6.45) is -20.7. The molecule has 0 aliphatic carbocycles. The first kappa shape index (κ1) is 74.9. The van der Waals surface area contributed by atoms with Crippen LogP contribution in [0.2, 0.25) is 10.0 Å². The van der Waals surface area contributed by atoms with E-state index in [0.29, 0.717) is 0 Å². The number of aliphatic hydroxyl groups excluding tert-OH is 6. The zero-order valence-corrected chi connectivity index (χ0v) is 56.3. The molecule has 2 saturated heterocycles. The van der Waals surface area contributed by atoms with E-state index in [4.69, 9.17) is 63.1 Å². The summed E-state index contributed by atoms with van der Waals surface area (Å²) in [4.78, 5) is 119. The first-order valence-corrected chi connectivity index (χ1v) is 32.8. The van der Waals surface area contributed by atoms with E-state index in [1.807, 2.05) is 13.8 Å². The summed E-state index contributed by atoms with van der Waals surface area (Å²) in [5.74, 6) is -18.5. The van der Waals surface area contributed by atoms with Crippen LogP contribution >= 0.6 is 23.2 Å². The molecule has 0 radical (unpaired) electrons. The monoisotopic (exact) mass is 1450 g/mol. The summed E-state index contributed by atoms with van der Waals surface area (Å²) in [6.45, 7) is 5.67. The molecule has 7 aliphatic heterocycles. The normalized spacial score (nSPS) is 29.6. The molecule has 5 aromatic carbocycles. The first-order chi connectivity index (χ1) is 47.7. The second-order valence-electron chi connectivity index (χ2n) is 26.3. The maximum absolute atomic E-state index is 16.2. The van der Waals surface area contributed by atoms with Crippen molar-refractivity contribution in [2.45, 2.75) is 163 Å². The number of phenolic OH excluding ortho intramolecular Hbond substituents is 3. The van der Waals surface area contributed by atoms with Crippen LogP contribution in [0.15, 0.2) is 78.9 Å². The number of nitrogens with two attached hydrogens (primary N) is 2. The maximum Gasteiger partial charge on any atom is 0.330 e. The van der Waals surface area contributed by atoms with Crippen LogP contribution in [0.5, 0.6) is 46.0 Å². The van der Waals surface area contributed by atoms with Gasteiger partial charge in [-0.05, 0) is 110 Å². The Morgan fingerprint density at radius 2 is 1.39 bits per heavy atom. The minimum Gasteiger partial charge on any atom is -0.508 e. The number of aliphatic carboxylic acids is 1. The second kappa shape index (κ2) is 30.4. The van der Waals surface area contributed by atoms with Gasteiger partial charge in [-0.15, -0.1) is 0 Å². The number of ketones is 2. The Balaban J connectivity index is 1.26. The van der Waals surface area contributed by atoms with Crippen molar-refractivity contribution in [3.63, 3.8) is 0 Å². The third-order valence-corrected chi connectivity index (χ3v) is 18.9. The van der Waals surface area contributed by atoms with Gasteiger partial charge >= 0.3 is 5.97 Å². The number of nitrogens with one attached hydrogen (secondary N) is 5. The average molecular weight is 1450 g/mol. The highest BCUT2D eigenvalue weighted by Crippen LogP contribution is 2.50. The Labute approximate surface area is 585 Å². The standard InChI is InChI=1S/C68H77Cl2N7O24/c1-25(2)12-38(73-5)64(92)76-53-41(82)16-31(19-48(71)84)62(90)74-51-30-17-45(97-43-10-7-28(55(53)85)14-36(43)69)60(101-67-58(88)57(87)56(86)47(24-78)99-67)46(18-30)98-44-11-8-29(15-37(44)70)59(100-49-23-68(4,72)61(89)26(3)96-49)54-65(93)75-52(66(94)95)35-20-32(79)21-40(81)50(35)34-13-27(6-9-39(34)80)33(22-42(51)83)63(91)77-54/h6-11,13-15,17-18,20-21,25-26,31,33,38,47,49,51-59,61,67,73,78-81,85-89H,12,16,19,22-24,72H2,1-5H3,(H2,71,84)(H,74,90)(H,75,93)(H,76,92)(H,77,91)(H,94,95)/t26?,31-,33+,38+,47?,49?,51+,52-,53-,54-,55+,56?,57?,58?,59+,61?,67?,68?/m0/s1. The number of halogens is 2. The molecule has 542 valence electrons. The summed E-state index contributed by atoms with van der Waals surface area (Å²) >= 11 is 14.3. The minimum absolute atomic E-state index is 0.0746. The number of phenols is 3. The molecule has 19 N–H and O–H groups in total. The molecule has 9 unspecified atom stereocenters. The van der Waals surface area contributed by atoms with Gasteiger partial charge in [-0.2, -0.15) is 0 Å². The quantitative estimate of drug-likeness (QED) is 0.0802. The molecule has 5 amide bonds. The number of ether oxygens (including phenoxy) is 6. The van der Waals surface area contributed by atoms with Gasteiger partial charge in [-0.25, -0.2) is 4.79 Å². The van der Waals surface area contributed by atoms with Crippen LogP contribution < -0.4 is 52.3 Å². The molecule has 0 spiro atoms. The van der Waals surface area contributed by atoms with Gasteiger partial charge in [0.25, 0.3) is 0 Å². The van der Waals surface area contributed by atoms with Crippen LogP contribution in [-0.2, 0) is 52.6 Å². The molecular formula is C68H77Cl2N7O24. The number of carboxylic acids is 1. The largest absolute Gasteiger partial charge is 0.508 e. The third-order valence-electron chi connectivity index (χ3n) is 18.4. The van der Waals surface area contributed by atoms with Crippen LogP contribution in [0.4, 0.5) is 0 Å². The highest BCUT2D eigenvalue weighted by atomic mass is 35.5. The predicted octanol–water partition coefficient (Wildman–Crippen LogP) is 2.08. The van der Waals surface area contributed by atoms with Gasteiger partial charge in [-0.1, -0.05) is 55.2 Å². The van der Waals surface area contributed by atoms with Crippen LogP contribution in [0.3, 0.4) is 0 Å². The Bertz CT molecular complexity index is 4070. The smallest absolute Gasteiger partial charge is 0.330 e. The Kier molecular flexibility index (Phi) is 22.5. The van der Waals surface area contributed by atoms with Crippen LogP contribution in [-0.4, -0.2) is 185 Å². The SMILES string of the molecule is CN[C@H](CC(C)C)C(=O)N[C@H]1C(=O)C[C@@H](CC(N)=O)C(=O)N[C@H]2C(=O)C[C@H]3C(=O)N[C@H](C(=O)N[C@H](C(=O)O)c4cc(O)cc(O)c4-c4cc3ccc4O)[C@H](OC3CC(C)(N)C(O)C(C)O3)c3ccc(c(Cl)c3)Oc3cc2cc(c3OC2OC(CO)C(O)C(O)C2O)Oc2ccc(cc2Cl)[C@H]1O. The van der Waals surface area contributed by atoms with Gasteiger partial charge in [0.15, 0.2) is 35.4 Å². The highest BCUT2D eigenvalue weighted by Gasteiger charge is 2.49. The van der Waals surface area contributed by atoms with Crippen molar-refractivity contribution in [3.8, 4) is 57.1 Å². The van der Waals surface area contributed by atoms with Gasteiger partial charge in [0.05, 0.1) is 46.7 Å².